The Labute approximate surface area is 68.1 Å². The molecule has 0 aliphatic rings. The Balaban J connectivity index is 0.000000461. The van der Waals surface area contributed by atoms with Crippen LogP contribution in [-0.2, 0) is 0 Å². The van der Waals surface area contributed by atoms with Gasteiger partial charge in [-0.2, -0.15) is 0 Å². The summed E-state index contributed by atoms with van der Waals surface area (Å²) in [6.45, 7) is 9.01. The molecule has 1 aromatic rings. The zero-order valence-electron chi connectivity index (χ0n) is 6.91. The zero-order valence-corrected chi connectivity index (χ0v) is 6.91. The molecule has 1 heterocycles. The topological polar surface area (TPSA) is 12.9 Å². The number of rotatable bonds is 1. The smallest absolute Gasteiger partial charge is 0.0706 e. The molecule has 1 rings (SSSR count). The van der Waals surface area contributed by atoms with Crippen LogP contribution in [0.1, 0.15) is 19.5 Å². The van der Waals surface area contributed by atoms with Gasteiger partial charge in [0.05, 0.1) is 5.69 Å². The maximum Gasteiger partial charge on any atom is 0.0706 e. The van der Waals surface area contributed by atoms with Crippen molar-refractivity contribution in [3.63, 3.8) is 0 Å². The van der Waals surface area contributed by atoms with Crippen LogP contribution in [0.3, 0.4) is 0 Å². The van der Waals surface area contributed by atoms with E-state index in [9.17, 15) is 0 Å². The Morgan fingerprint density at radius 3 is 2.64 bits per heavy atom. The van der Waals surface area contributed by atoms with Gasteiger partial charge in [-0.05, 0) is 18.7 Å². The van der Waals surface area contributed by atoms with Crippen LogP contribution in [0.2, 0.25) is 0 Å². The predicted octanol–water partition coefficient (Wildman–Crippen LogP) is 2.71. The fourth-order valence-electron chi connectivity index (χ4n) is 0.547. The van der Waals surface area contributed by atoms with E-state index in [1.165, 1.54) is 0 Å². The predicted molar refractivity (Wildman–Crippen MR) is 47.9 cm³/mol. The number of aromatic nitrogens is 1. The molecule has 0 unspecified atom stereocenters. The molecule has 0 bridgehead atoms. The minimum absolute atomic E-state index is 0.833. The summed E-state index contributed by atoms with van der Waals surface area (Å²) in [6.07, 6.45) is 3.34. The van der Waals surface area contributed by atoms with Crippen molar-refractivity contribution >= 4 is 6.08 Å². The highest BCUT2D eigenvalue weighted by molar-refractivity contribution is 5.41. The van der Waals surface area contributed by atoms with Crippen molar-refractivity contribution in [3.05, 3.63) is 42.4 Å². The van der Waals surface area contributed by atoms with E-state index >= 15 is 0 Å². The van der Waals surface area contributed by atoms with Gasteiger partial charge >= 0.3 is 0 Å². The molecule has 0 aliphatic carbocycles. The van der Waals surface area contributed by atoms with E-state index in [0.29, 0.717) is 0 Å². The van der Waals surface area contributed by atoms with Crippen molar-refractivity contribution in [1.82, 2.24) is 4.98 Å². The molecular formula is C10H12N. The van der Waals surface area contributed by atoms with E-state index < -0.39 is 0 Å². The molecular weight excluding hydrogens is 134 g/mol. The van der Waals surface area contributed by atoms with Crippen LogP contribution in [0.4, 0.5) is 0 Å². The summed E-state index contributed by atoms with van der Waals surface area (Å²) in [5.74, 6) is 0. The molecule has 0 saturated carbocycles. The van der Waals surface area contributed by atoms with Gasteiger partial charge in [0.25, 0.3) is 0 Å². The van der Waals surface area contributed by atoms with Crippen LogP contribution in [-0.4, -0.2) is 4.98 Å². The molecule has 0 atom stereocenters. The van der Waals surface area contributed by atoms with Crippen molar-refractivity contribution in [3.8, 4) is 0 Å². The average molecular weight is 146 g/mol. The van der Waals surface area contributed by atoms with Crippen molar-refractivity contribution in [2.45, 2.75) is 13.8 Å². The minimum Gasteiger partial charge on any atom is -0.256 e. The fourth-order valence-corrected chi connectivity index (χ4v) is 0.547. The first kappa shape index (κ1) is 9.67. The van der Waals surface area contributed by atoms with Crippen molar-refractivity contribution in [2.24, 2.45) is 0 Å². The summed E-state index contributed by atoms with van der Waals surface area (Å²) < 4.78 is 0. The first-order valence-corrected chi connectivity index (χ1v) is 3.64. The van der Waals surface area contributed by atoms with Gasteiger partial charge in [-0.3, -0.25) is 4.98 Å². The molecule has 57 valence electrons. The third-order valence-corrected chi connectivity index (χ3v) is 0.919. The molecule has 0 aromatic carbocycles. The number of hydrogen-bond donors (Lipinski definition) is 0. The molecule has 1 aromatic heterocycles. The molecule has 0 aliphatic heterocycles. The second-order valence-corrected chi connectivity index (χ2v) is 1.57. The van der Waals surface area contributed by atoms with Gasteiger partial charge in [0, 0.05) is 12.3 Å². The van der Waals surface area contributed by atoms with E-state index in [1.807, 2.05) is 32.0 Å². The first-order chi connectivity index (χ1) is 5.43. The third kappa shape index (κ3) is 4.12. The Morgan fingerprint density at radius 2 is 2.18 bits per heavy atom. The lowest BCUT2D eigenvalue weighted by Gasteiger charge is -1.84. The summed E-state index contributed by atoms with van der Waals surface area (Å²) in [5.41, 5.74) is 3.23. The van der Waals surface area contributed by atoms with Gasteiger partial charge < -0.3 is 0 Å². The number of pyridine rings is 1. The van der Waals surface area contributed by atoms with Gasteiger partial charge in [-0.1, -0.05) is 19.9 Å². The van der Waals surface area contributed by atoms with Crippen molar-refractivity contribution in [2.75, 3.05) is 0 Å². The number of hydrogen-bond acceptors (Lipinski definition) is 1. The minimum atomic E-state index is 0.833. The summed E-state index contributed by atoms with van der Waals surface area (Å²) in [7, 11) is 0. The van der Waals surface area contributed by atoms with Crippen LogP contribution in [0.5, 0.6) is 0 Å². The molecule has 0 spiro atoms. The molecule has 11 heavy (non-hydrogen) atoms. The normalized spacial score (nSPS) is 7.09. The van der Waals surface area contributed by atoms with E-state index in [0.717, 1.165) is 5.69 Å². The van der Waals surface area contributed by atoms with Gasteiger partial charge in [0.2, 0.25) is 0 Å². The lowest BCUT2D eigenvalue weighted by Crippen LogP contribution is -1.73. The maximum atomic E-state index is 5.01. The summed E-state index contributed by atoms with van der Waals surface area (Å²) in [5, 5.41) is 0. The van der Waals surface area contributed by atoms with Gasteiger partial charge in [-0.15, -0.1) is 5.73 Å². The van der Waals surface area contributed by atoms with E-state index in [1.54, 1.807) is 12.3 Å². The van der Waals surface area contributed by atoms with Crippen molar-refractivity contribution in [1.29, 1.82) is 0 Å². The second kappa shape index (κ2) is 6.79. The Bertz CT molecular complexity index is 220. The molecule has 0 N–H and O–H groups in total. The van der Waals surface area contributed by atoms with Crippen LogP contribution >= 0.6 is 0 Å². The number of nitrogens with zero attached hydrogens (tertiary/aromatic N) is 1. The highest BCUT2D eigenvalue weighted by atomic mass is 14.6. The quantitative estimate of drug-likeness (QED) is 0.555. The second-order valence-electron chi connectivity index (χ2n) is 1.57. The monoisotopic (exact) mass is 146 g/mol. The largest absolute Gasteiger partial charge is 0.256 e. The Hall–Kier alpha value is -1.33. The van der Waals surface area contributed by atoms with Crippen LogP contribution < -0.4 is 0 Å². The van der Waals surface area contributed by atoms with Crippen LogP contribution in [0.15, 0.2) is 30.1 Å². The van der Waals surface area contributed by atoms with E-state index in [2.05, 4.69) is 10.7 Å². The van der Waals surface area contributed by atoms with Gasteiger partial charge in [0.1, 0.15) is 0 Å². The van der Waals surface area contributed by atoms with Gasteiger partial charge in [-0.25, -0.2) is 0 Å². The van der Waals surface area contributed by atoms with Gasteiger partial charge in [0.15, 0.2) is 0 Å². The maximum absolute atomic E-state index is 5.01. The van der Waals surface area contributed by atoms with Crippen molar-refractivity contribution < 1.29 is 0 Å². The average Bonchev–Trinajstić information content (AvgIpc) is 2.11. The Morgan fingerprint density at radius 1 is 1.45 bits per heavy atom. The molecule has 1 nitrogen and oxygen atoms in total. The SMILES string of the molecule is CC.[CH]=C=Cc1ccccn1. The molecule has 1 heteroatoms. The summed E-state index contributed by atoms with van der Waals surface area (Å²) in [4.78, 5) is 3.97. The van der Waals surface area contributed by atoms with Crippen LogP contribution in [0, 0.1) is 6.58 Å². The molecule has 0 saturated heterocycles. The van der Waals surface area contributed by atoms with Crippen LogP contribution in [0.25, 0.3) is 6.08 Å². The highest BCUT2D eigenvalue weighted by Gasteiger charge is 1.79. The zero-order chi connectivity index (χ0) is 8.53. The molecule has 1 radical (unpaired) electrons. The third-order valence-electron chi connectivity index (χ3n) is 0.919. The van der Waals surface area contributed by atoms with E-state index in [-0.39, 0.29) is 0 Å². The molecule has 0 fully saturated rings. The molecule has 0 amide bonds. The standard InChI is InChI=1S/C8H6N.C2H6/c1-2-5-8-6-3-4-7-9-8;1-2/h1,3-7H;1-2H3. The lowest BCUT2D eigenvalue weighted by molar-refractivity contribution is 1.30. The first-order valence-electron chi connectivity index (χ1n) is 3.64. The van der Waals surface area contributed by atoms with E-state index in [4.69, 9.17) is 6.58 Å². The summed E-state index contributed by atoms with van der Waals surface area (Å²) in [6, 6.07) is 5.61. The fraction of sp³-hybridized carbons (Fsp3) is 0.200. The summed E-state index contributed by atoms with van der Waals surface area (Å²) >= 11 is 0. The Kier molecular flexibility index (Phi) is 5.96. The lowest BCUT2D eigenvalue weighted by atomic mass is 10.3. The highest BCUT2D eigenvalue weighted by Crippen LogP contribution is 1.92.